The molecule has 8 nitrogen and oxygen atoms in total. The maximum Gasteiger partial charge on any atom is 0.335 e. The second kappa shape index (κ2) is 8.23. The number of carbonyl (C=O) groups excluding carboxylic acids is 1. The maximum atomic E-state index is 12.6. The Kier molecular flexibility index (Phi) is 5.26. The standard InChI is InChI=1S/C23H20N4O4S/c24-19-17(12-16-9-10-18(31-16)14-7-4-8-15(11-14)22(29)30)20(28)25-23-27(19)26-21(32-23)13-5-2-1-3-6-13/h4,7-13,24H,1-3,5-6H2,(H,29,30). The van der Waals surface area contributed by atoms with Crippen LogP contribution in [0.4, 0.5) is 0 Å². The van der Waals surface area contributed by atoms with Crippen molar-refractivity contribution in [2.24, 2.45) is 16.0 Å². The third-order valence-corrected chi connectivity index (χ3v) is 6.80. The number of nitrogens with one attached hydrogen (secondary N) is 1. The third-order valence-electron chi connectivity index (χ3n) is 5.73. The second-order valence-electron chi connectivity index (χ2n) is 7.88. The third kappa shape index (κ3) is 3.80. The number of nitrogens with zero attached hydrogens (tertiary/aromatic N) is 3. The lowest BCUT2D eigenvalue weighted by Gasteiger charge is -2.20. The zero-order valence-electron chi connectivity index (χ0n) is 17.1. The highest BCUT2D eigenvalue weighted by Gasteiger charge is 2.38. The van der Waals surface area contributed by atoms with E-state index in [-0.39, 0.29) is 17.0 Å². The number of aliphatic imine (C=N–C) groups is 1. The number of carboxylic acid groups (broad SMARTS) is 1. The average Bonchev–Trinajstić information content (AvgIpc) is 3.45. The number of carbonyl (C=O) groups is 2. The SMILES string of the molecule is N=C1C(=Cc2ccc(-c3cccc(C(=O)O)c3)o2)C(=O)N=C2SC(C3CCCCC3)=NN12. The van der Waals surface area contributed by atoms with Gasteiger partial charge in [-0.1, -0.05) is 31.4 Å². The van der Waals surface area contributed by atoms with Crippen LogP contribution in [-0.2, 0) is 4.79 Å². The van der Waals surface area contributed by atoms with Crippen molar-refractivity contribution in [2.75, 3.05) is 0 Å². The first-order chi connectivity index (χ1) is 15.5. The number of hydrogen-bond donors (Lipinski definition) is 2. The van der Waals surface area contributed by atoms with Gasteiger partial charge in [-0.05, 0) is 54.9 Å². The lowest BCUT2D eigenvalue weighted by atomic mass is 9.90. The van der Waals surface area contributed by atoms with Gasteiger partial charge in [-0.2, -0.15) is 15.1 Å². The zero-order valence-corrected chi connectivity index (χ0v) is 17.9. The summed E-state index contributed by atoms with van der Waals surface area (Å²) in [4.78, 5) is 28.0. The highest BCUT2D eigenvalue weighted by Crippen LogP contribution is 2.36. The number of carboxylic acids is 1. The summed E-state index contributed by atoms with van der Waals surface area (Å²) in [6, 6.07) is 9.78. The minimum atomic E-state index is -1.02. The van der Waals surface area contributed by atoms with Crippen LogP contribution >= 0.6 is 11.8 Å². The molecule has 1 fully saturated rings. The van der Waals surface area contributed by atoms with Gasteiger partial charge in [0.25, 0.3) is 5.91 Å². The Morgan fingerprint density at radius 2 is 2.03 bits per heavy atom. The fourth-order valence-electron chi connectivity index (χ4n) is 4.05. The van der Waals surface area contributed by atoms with Crippen LogP contribution in [0.1, 0.15) is 48.2 Å². The number of furan rings is 1. The fraction of sp³-hybridized carbons (Fsp3) is 0.261. The van der Waals surface area contributed by atoms with Crippen molar-refractivity contribution in [2.45, 2.75) is 32.1 Å². The Morgan fingerprint density at radius 1 is 1.22 bits per heavy atom. The van der Waals surface area contributed by atoms with E-state index in [1.165, 1.54) is 54.2 Å². The molecule has 2 aromatic rings. The van der Waals surface area contributed by atoms with Gasteiger partial charge in [-0.25, -0.2) is 4.79 Å². The lowest BCUT2D eigenvalue weighted by molar-refractivity contribution is -0.114. The van der Waals surface area contributed by atoms with Crippen molar-refractivity contribution in [3.63, 3.8) is 0 Å². The molecule has 1 saturated carbocycles. The predicted octanol–water partition coefficient (Wildman–Crippen LogP) is 4.84. The molecule has 3 heterocycles. The Morgan fingerprint density at radius 3 is 2.81 bits per heavy atom. The van der Waals surface area contributed by atoms with Crippen molar-refractivity contribution in [1.82, 2.24) is 5.01 Å². The Hall–Kier alpha value is -3.46. The molecule has 0 bridgehead atoms. The lowest BCUT2D eigenvalue weighted by Crippen LogP contribution is -2.35. The molecule has 0 atom stereocenters. The molecule has 1 amide bonds. The summed E-state index contributed by atoms with van der Waals surface area (Å²) in [6.07, 6.45) is 7.23. The maximum absolute atomic E-state index is 12.6. The van der Waals surface area contributed by atoms with Gasteiger partial charge >= 0.3 is 5.97 Å². The van der Waals surface area contributed by atoms with E-state index in [2.05, 4.69) is 10.1 Å². The van der Waals surface area contributed by atoms with E-state index in [0.717, 1.165) is 17.9 Å². The van der Waals surface area contributed by atoms with Crippen LogP contribution in [0.2, 0.25) is 0 Å². The minimum absolute atomic E-state index is 0.0239. The summed E-state index contributed by atoms with van der Waals surface area (Å²) in [5.41, 5.74) is 0.865. The van der Waals surface area contributed by atoms with Crippen LogP contribution in [0, 0.1) is 11.3 Å². The number of amidine groups is 2. The number of thioether (sulfide) groups is 1. The van der Waals surface area contributed by atoms with Crippen molar-refractivity contribution < 1.29 is 19.1 Å². The molecule has 0 spiro atoms. The van der Waals surface area contributed by atoms with Gasteiger partial charge in [0.1, 0.15) is 16.6 Å². The van der Waals surface area contributed by atoms with Gasteiger partial charge in [0, 0.05) is 11.5 Å². The molecule has 2 aliphatic heterocycles. The second-order valence-corrected chi connectivity index (χ2v) is 8.87. The number of hydrogen-bond acceptors (Lipinski definition) is 6. The molecular formula is C23H20N4O4S. The van der Waals surface area contributed by atoms with E-state index in [4.69, 9.17) is 9.83 Å². The number of hydrazone groups is 1. The number of fused-ring (bicyclic) bond motifs is 1. The number of aromatic carboxylic acids is 1. The largest absolute Gasteiger partial charge is 0.478 e. The van der Waals surface area contributed by atoms with Gasteiger partial charge in [-0.15, -0.1) is 0 Å². The van der Waals surface area contributed by atoms with Crippen molar-refractivity contribution >= 4 is 45.8 Å². The molecule has 0 radical (unpaired) electrons. The smallest absolute Gasteiger partial charge is 0.335 e. The first-order valence-electron chi connectivity index (χ1n) is 10.4. The van der Waals surface area contributed by atoms with Crippen LogP contribution in [0.3, 0.4) is 0 Å². The average molecular weight is 449 g/mol. The molecule has 0 saturated heterocycles. The quantitative estimate of drug-likeness (QED) is 0.646. The van der Waals surface area contributed by atoms with E-state index in [0.29, 0.717) is 28.2 Å². The zero-order chi connectivity index (χ0) is 22.2. The van der Waals surface area contributed by atoms with E-state index < -0.39 is 11.9 Å². The molecule has 32 heavy (non-hydrogen) atoms. The summed E-state index contributed by atoms with van der Waals surface area (Å²) in [5.74, 6) is -0.341. The van der Waals surface area contributed by atoms with Gasteiger partial charge in [0.05, 0.1) is 11.1 Å². The molecule has 1 aromatic heterocycles. The van der Waals surface area contributed by atoms with Crippen LogP contribution in [0.25, 0.3) is 17.4 Å². The molecular weight excluding hydrogens is 428 g/mol. The molecule has 9 heteroatoms. The molecule has 1 aromatic carbocycles. The monoisotopic (exact) mass is 448 g/mol. The first kappa shape index (κ1) is 20.4. The summed E-state index contributed by atoms with van der Waals surface area (Å²) in [6.45, 7) is 0. The van der Waals surface area contributed by atoms with E-state index in [1.807, 2.05) is 0 Å². The molecule has 162 valence electrons. The van der Waals surface area contributed by atoms with Crippen LogP contribution < -0.4 is 0 Å². The van der Waals surface area contributed by atoms with Crippen molar-refractivity contribution in [3.8, 4) is 11.3 Å². The normalized spacial score (nSPS) is 20.4. The van der Waals surface area contributed by atoms with E-state index in [9.17, 15) is 14.7 Å². The summed E-state index contributed by atoms with van der Waals surface area (Å²) in [7, 11) is 0. The number of benzene rings is 1. The van der Waals surface area contributed by atoms with E-state index >= 15 is 0 Å². The predicted molar refractivity (Wildman–Crippen MR) is 123 cm³/mol. The van der Waals surface area contributed by atoms with Gasteiger partial charge < -0.3 is 9.52 Å². The van der Waals surface area contributed by atoms with Gasteiger partial charge in [0.2, 0.25) is 5.17 Å². The topological polar surface area (TPSA) is 119 Å². The fourth-order valence-corrected chi connectivity index (χ4v) is 5.11. The van der Waals surface area contributed by atoms with Gasteiger partial charge in [0.15, 0.2) is 5.84 Å². The Balaban J connectivity index is 1.40. The highest BCUT2D eigenvalue weighted by atomic mass is 32.2. The van der Waals surface area contributed by atoms with E-state index in [1.54, 1.807) is 24.3 Å². The Bertz CT molecular complexity index is 1220. The molecule has 0 unspecified atom stereocenters. The summed E-state index contributed by atoms with van der Waals surface area (Å²) >= 11 is 1.39. The molecule has 5 rings (SSSR count). The first-order valence-corrected chi connectivity index (χ1v) is 11.2. The van der Waals surface area contributed by atoms with Gasteiger partial charge in [-0.3, -0.25) is 10.2 Å². The van der Waals surface area contributed by atoms with Crippen LogP contribution in [-0.4, -0.2) is 38.0 Å². The van der Waals surface area contributed by atoms with Crippen LogP contribution in [0.15, 0.2) is 56.5 Å². The highest BCUT2D eigenvalue weighted by molar-refractivity contribution is 8.27. The minimum Gasteiger partial charge on any atom is -0.478 e. The molecule has 3 aliphatic rings. The number of amides is 1. The summed E-state index contributed by atoms with van der Waals surface area (Å²) < 4.78 is 5.81. The number of rotatable bonds is 4. The van der Waals surface area contributed by atoms with Crippen molar-refractivity contribution in [1.29, 1.82) is 5.41 Å². The summed E-state index contributed by atoms with van der Waals surface area (Å²) in [5, 5.41) is 25.1. The van der Waals surface area contributed by atoms with Crippen molar-refractivity contribution in [3.05, 3.63) is 53.3 Å². The molecule has 2 N–H and O–H groups in total. The van der Waals surface area contributed by atoms with Crippen LogP contribution in [0.5, 0.6) is 0 Å². The Labute approximate surface area is 188 Å². The molecule has 1 aliphatic carbocycles.